The highest BCUT2D eigenvalue weighted by Gasteiger charge is 2.06. The minimum atomic E-state index is -0.232. The monoisotopic (exact) mass is 184 g/mol. The maximum atomic E-state index is 11.0. The summed E-state index contributed by atoms with van der Waals surface area (Å²) < 4.78 is 0. The van der Waals surface area contributed by atoms with E-state index in [0.717, 1.165) is 5.57 Å². The summed E-state index contributed by atoms with van der Waals surface area (Å²) in [5.41, 5.74) is 3.64. The van der Waals surface area contributed by atoms with Gasteiger partial charge in [0.1, 0.15) is 0 Å². The minimum absolute atomic E-state index is 0.232. The topological polar surface area (TPSA) is 55.1 Å². The molecule has 3 heteroatoms. The number of carbonyl (C=O) groups is 1. The van der Waals surface area contributed by atoms with Crippen LogP contribution in [0.1, 0.15) is 34.1 Å². The fourth-order valence-electron chi connectivity index (χ4n) is 0.829. The van der Waals surface area contributed by atoms with Crippen LogP contribution in [0.3, 0.4) is 0 Å². The van der Waals surface area contributed by atoms with Gasteiger partial charge in [0.05, 0.1) is 0 Å². The Bertz CT molecular complexity index is 195. The van der Waals surface area contributed by atoms with Gasteiger partial charge in [0.25, 0.3) is 5.91 Å². The van der Waals surface area contributed by atoms with Crippen molar-refractivity contribution in [2.45, 2.75) is 34.1 Å². The van der Waals surface area contributed by atoms with Crippen LogP contribution in [0.2, 0.25) is 0 Å². The van der Waals surface area contributed by atoms with E-state index < -0.39 is 0 Å². The van der Waals surface area contributed by atoms with Gasteiger partial charge in [-0.2, -0.15) is 0 Å². The first-order chi connectivity index (χ1) is 6.17. The summed E-state index contributed by atoms with van der Waals surface area (Å²) in [6.07, 6.45) is 2.31. The molecule has 0 saturated heterocycles. The molecule has 0 heterocycles. The number of allylic oxidation sites excluding steroid dienone is 2. The van der Waals surface area contributed by atoms with Crippen molar-refractivity contribution in [1.82, 2.24) is 5.43 Å². The quantitative estimate of drug-likeness (QED) is 0.231. The highest BCUT2D eigenvalue weighted by atomic mass is 16.2. The van der Waals surface area contributed by atoms with Gasteiger partial charge in [0, 0.05) is 5.57 Å². The van der Waals surface area contributed by atoms with E-state index in [9.17, 15) is 4.79 Å². The van der Waals surface area contributed by atoms with Crippen molar-refractivity contribution in [3.8, 4) is 0 Å². The van der Waals surface area contributed by atoms with Crippen LogP contribution in [0.25, 0.3) is 0 Å². The molecule has 0 unspecified atom stereocenters. The van der Waals surface area contributed by atoms with Gasteiger partial charge in [0.2, 0.25) is 0 Å². The van der Waals surface area contributed by atoms with Crippen LogP contribution in [-0.4, -0.2) is 5.91 Å². The van der Waals surface area contributed by atoms with Crippen LogP contribution in [0.5, 0.6) is 0 Å². The van der Waals surface area contributed by atoms with Crippen molar-refractivity contribution in [2.24, 2.45) is 5.84 Å². The average molecular weight is 184 g/mol. The van der Waals surface area contributed by atoms with Crippen LogP contribution in [-0.2, 0) is 4.79 Å². The van der Waals surface area contributed by atoms with Gasteiger partial charge in [-0.05, 0) is 18.9 Å². The second kappa shape index (κ2) is 9.00. The molecule has 0 radical (unpaired) electrons. The molecule has 0 bridgehead atoms. The number of carbonyl (C=O) groups excluding carboxylic acids is 1. The van der Waals surface area contributed by atoms with Crippen molar-refractivity contribution in [3.05, 3.63) is 23.8 Å². The first-order valence-corrected chi connectivity index (χ1v) is 4.50. The molecule has 3 nitrogen and oxygen atoms in total. The van der Waals surface area contributed by atoms with Crippen molar-refractivity contribution in [3.63, 3.8) is 0 Å². The summed E-state index contributed by atoms with van der Waals surface area (Å²) in [6.45, 7) is 11.3. The van der Waals surface area contributed by atoms with Crippen molar-refractivity contribution < 1.29 is 4.79 Å². The molecular weight excluding hydrogens is 164 g/mol. The number of nitrogens with two attached hydrogens (primary N) is 1. The maximum Gasteiger partial charge on any atom is 0.261 e. The fraction of sp³-hybridized carbons (Fsp3) is 0.500. The smallest absolute Gasteiger partial charge is 0.261 e. The fourth-order valence-corrected chi connectivity index (χ4v) is 0.829. The Hall–Kier alpha value is -1.09. The molecule has 0 aliphatic heterocycles. The Labute approximate surface area is 80.7 Å². The number of hydrazine groups is 1. The summed E-state index contributed by atoms with van der Waals surface area (Å²) in [5, 5.41) is 0. The Morgan fingerprint density at radius 3 is 2.23 bits per heavy atom. The molecule has 0 aromatic carbocycles. The summed E-state index contributed by atoms with van der Waals surface area (Å²) in [6, 6.07) is 0. The zero-order chi connectivity index (χ0) is 10.9. The number of amides is 1. The molecule has 0 aliphatic carbocycles. The predicted octanol–water partition coefficient (Wildman–Crippen LogP) is 1.91. The van der Waals surface area contributed by atoms with Crippen molar-refractivity contribution in [1.29, 1.82) is 0 Å². The van der Waals surface area contributed by atoms with Gasteiger partial charge >= 0.3 is 0 Å². The molecular formula is C10H20N2O. The van der Waals surface area contributed by atoms with Crippen LogP contribution in [0, 0.1) is 0 Å². The van der Waals surface area contributed by atoms with E-state index in [1.54, 1.807) is 6.08 Å². The van der Waals surface area contributed by atoms with E-state index in [0.29, 0.717) is 12.0 Å². The molecule has 0 fully saturated rings. The summed E-state index contributed by atoms with van der Waals surface area (Å²) in [4.78, 5) is 11.0. The van der Waals surface area contributed by atoms with Gasteiger partial charge in [-0.25, -0.2) is 5.84 Å². The second-order valence-electron chi connectivity index (χ2n) is 2.19. The lowest BCUT2D eigenvalue weighted by Crippen LogP contribution is -2.31. The van der Waals surface area contributed by atoms with Gasteiger partial charge in [0.15, 0.2) is 0 Å². The van der Waals surface area contributed by atoms with Crippen molar-refractivity contribution in [2.75, 3.05) is 0 Å². The number of hydrogen-bond acceptors (Lipinski definition) is 2. The summed E-state index contributed by atoms with van der Waals surface area (Å²) >= 11 is 0. The lowest BCUT2D eigenvalue weighted by molar-refractivity contribution is -0.117. The Morgan fingerprint density at radius 2 is 2.00 bits per heavy atom. The highest BCUT2D eigenvalue weighted by molar-refractivity contribution is 5.93. The molecule has 0 spiro atoms. The number of rotatable bonds is 3. The molecule has 0 rings (SSSR count). The Kier molecular flexibility index (Phi) is 10.00. The zero-order valence-electron chi connectivity index (χ0n) is 8.98. The van der Waals surface area contributed by atoms with Crippen LogP contribution in [0.4, 0.5) is 0 Å². The summed E-state index contributed by atoms with van der Waals surface area (Å²) in [7, 11) is 0. The van der Waals surface area contributed by atoms with Crippen LogP contribution < -0.4 is 11.3 Å². The molecule has 0 aromatic rings. The van der Waals surface area contributed by atoms with E-state index in [-0.39, 0.29) is 5.91 Å². The van der Waals surface area contributed by atoms with Crippen molar-refractivity contribution >= 4 is 5.91 Å². The van der Waals surface area contributed by atoms with E-state index in [2.05, 4.69) is 12.0 Å². The first kappa shape index (κ1) is 14.4. The molecule has 1 amide bonds. The van der Waals surface area contributed by atoms with Crippen LogP contribution >= 0.6 is 0 Å². The third kappa shape index (κ3) is 5.20. The second-order valence-corrected chi connectivity index (χ2v) is 2.19. The van der Waals surface area contributed by atoms with Gasteiger partial charge < -0.3 is 0 Å². The van der Waals surface area contributed by atoms with Gasteiger partial charge in [-0.1, -0.05) is 33.4 Å². The Morgan fingerprint density at radius 1 is 1.54 bits per heavy atom. The highest BCUT2D eigenvalue weighted by Crippen LogP contribution is 2.08. The van der Waals surface area contributed by atoms with E-state index in [1.807, 2.05) is 27.7 Å². The zero-order valence-corrected chi connectivity index (χ0v) is 8.98. The third-order valence-corrected chi connectivity index (χ3v) is 1.54. The van der Waals surface area contributed by atoms with Crippen LogP contribution in [0.15, 0.2) is 23.8 Å². The van der Waals surface area contributed by atoms with E-state index in [1.165, 1.54) is 0 Å². The normalized spacial score (nSPS) is 10.5. The molecule has 3 N–H and O–H groups in total. The molecule has 0 atom stereocenters. The number of nitrogens with one attached hydrogen (secondary N) is 1. The molecule has 0 saturated carbocycles. The van der Waals surface area contributed by atoms with Gasteiger partial charge in [-0.3, -0.25) is 10.2 Å². The molecule has 13 heavy (non-hydrogen) atoms. The maximum absolute atomic E-state index is 11.0. The third-order valence-electron chi connectivity index (χ3n) is 1.54. The molecule has 0 aliphatic rings. The predicted molar refractivity (Wildman–Crippen MR) is 56.9 cm³/mol. The largest absolute Gasteiger partial charge is 0.290 e. The Balaban J connectivity index is 0. The van der Waals surface area contributed by atoms with Gasteiger partial charge in [-0.15, -0.1) is 0 Å². The minimum Gasteiger partial charge on any atom is -0.290 e. The van der Waals surface area contributed by atoms with E-state index >= 15 is 0 Å². The average Bonchev–Trinajstić information content (AvgIpc) is 2.21. The van der Waals surface area contributed by atoms with E-state index in [4.69, 9.17) is 5.84 Å². The lowest BCUT2D eigenvalue weighted by Gasteiger charge is -2.04. The molecule has 76 valence electrons. The number of hydrogen-bond donors (Lipinski definition) is 2. The standard InChI is InChI=1S/C8H14N2O.C2H6/c1-4-6(3)7(5-2)8(11)10-9;1-2/h4H,1,5,9H2,2-3H3,(H,10,11);1-2H3. The first-order valence-electron chi connectivity index (χ1n) is 4.50. The lowest BCUT2D eigenvalue weighted by atomic mass is 10.1. The SMILES string of the molecule is C=CC(C)=C(CC)C(=O)NN.CC. The summed E-state index contributed by atoms with van der Waals surface area (Å²) in [5.74, 6) is 4.74. The molecule has 0 aromatic heterocycles.